The topological polar surface area (TPSA) is 54.8 Å². The van der Waals surface area contributed by atoms with Crippen LogP contribution < -0.4 is 4.74 Å². The van der Waals surface area contributed by atoms with E-state index in [4.69, 9.17) is 4.74 Å². The van der Waals surface area contributed by atoms with Crippen LogP contribution in [0.1, 0.15) is 63.8 Å². The molecule has 4 rings (SSSR count). The number of amides is 1. The number of hydrogen-bond donors (Lipinski definition) is 0. The molecule has 0 radical (unpaired) electrons. The quantitative estimate of drug-likeness (QED) is 0.662. The average Bonchev–Trinajstić information content (AvgIpc) is 3.41. The van der Waals surface area contributed by atoms with E-state index in [0.717, 1.165) is 11.3 Å². The fourth-order valence-electron chi connectivity index (χ4n) is 5.12. The van der Waals surface area contributed by atoms with Gasteiger partial charge in [0.1, 0.15) is 5.75 Å². The van der Waals surface area contributed by atoms with Crippen LogP contribution in [0.15, 0.2) is 30.3 Å². The van der Waals surface area contributed by atoms with Crippen LogP contribution in [0.4, 0.5) is 0 Å². The molecule has 2 heterocycles. The Bertz CT molecular complexity index is 951. The molecule has 2 aliphatic rings. The Morgan fingerprint density at radius 2 is 1.74 bits per heavy atom. The van der Waals surface area contributed by atoms with Gasteiger partial charge in [-0.3, -0.25) is 14.5 Å². The Kier molecular flexibility index (Phi) is 6.46. The van der Waals surface area contributed by atoms with E-state index < -0.39 is 0 Å². The molecule has 31 heavy (non-hydrogen) atoms. The van der Waals surface area contributed by atoms with E-state index in [-0.39, 0.29) is 11.7 Å². The number of piperazine rings is 1. The zero-order chi connectivity index (χ0) is 22.0. The van der Waals surface area contributed by atoms with E-state index in [1.165, 1.54) is 31.4 Å². The molecule has 0 bridgehead atoms. The third kappa shape index (κ3) is 4.54. The molecule has 2 aromatic rings. The summed E-state index contributed by atoms with van der Waals surface area (Å²) in [4.78, 5) is 29.9. The van der Waals surface area contributed by atoms with Crippen LogP contribution in [-0.4, -0.2) is 65.9 Å². The van der Waals surface area contributed by atoms with E-state index in [2.05, 4.69) is 29.4 Å². The smallest absolute Gasteiger partial charge is 0.254 e. The van der Waals surface area contributed by atoms with Crippen molar-refractivity contribution < 1.29 is 14.3 Å². The number of methoxy groups -OCH3 is 1. The molecule has 0 atom stereocenters. The second-order valence-corrected chi connectivity index (χ2v) is 8.82. The van der Waals surface area contributed by atoms with Crippen molar-refractivity contribution in [3.05, 3.63) is 52.8 Å². The molecule has 0 N–H and O–H groups in total. The monoisotopic (exact) mass is 423 g/mol. The van der Waals surface area contributed by atoms with Crippen molar-refractivity contribution >= 4 is 11.7 Å². The summed E-state index contributed by atoms with van der Waals surface area (Å²) in [7, 11) is 1.60. The minimum atomic E-state index is 0.0185. The number of benzene rings is 1. The van der Waals surface area contributed by atoms with Gasteiger partial charge in [0.15, 0.2) is 5.78 Å². The van der Waals surface area contributed by atoms with Crippen LogP contribution in [0, 0.1) is 13.8 Å². The molecule has 0 spiro atoms. The summed E-state index contributed by atoms with van der Waals surface area (Å²) in [6.45, 7) is 7.30. The predicted molar refractivity (Wildman–Crippen MR) is 121 cm³/mol. The van der Waals surface area contributed by atoms with Crippen molar-refractivity contribution in [2.24, 2.45) is 0 Å². The maximum atomic E-state index is 13.1. The van der Waals surface area contributed by atoms with E-state index >= 15 is 0 Å². The second-order valence-electron chi connectivity index (χ2n) is 8.82. The molecule has 166 valence electrons. The van der Waals surface area contributed by atoms with Crippen molar-refractivity contribution in [3.8, 4) is 5.75 Å². The molecule has 1 aliphatic heterocycles. The van der Waals surface area contributed by atoms with Crippen molar-refractivity contribution in [2.75, 3.05) is 39.8 Å². The number of nitrogens with zero attached hydrogens (tertiary/aromatic N) is 3. The number of Topliss-reactive ketones (excluding diaryl/α,β-unsaturated/α-hetero) is 1. The fraction of sp³-hybridized carbons (Fsp3) is 0.520. The number of aromatic nitrogens is 1. The van der Waals surface area contributed by atoms with Gasteiger partial charge in [0.2, 0.25) is 0 Å². The maximum absolute atomic E-state index is 13.1. The standard InChI is InChI=1S/C25H33N3O3/c1-18-15-23(19(2)28(18)21-8-4-5-9-21)24(29)17-26-11-13-27(14-12-26)25(30)20-7-6-10-22(16-20)31-3/h6-7,10,15-16,21H,4-5,8-9,11-14,17H2,1-3H3. The predicted octanol–water partition coefficient (Wildman–Crippen LogP) is 3.87. The zero-order valence-corrected chi connectivity index (χ0v) is 18.9. The van der Waals surface area contributed by atoms with Gasteiger partial charge in [-0.1, -0.05) is 18.9 Å². The zero-order valence-electron chi connectivity index (χ0n) is 18.9. The molecule has 2 fully saturated rings. The molecule has 6 heteroatoms. The first-order chi connectivity index (χ1) is 15.0. The summed E-state index contributed by atoms with van der Waals surface area (Å²) < 4.78 is 7.61. The normalized spacial score (nSPS) is 17.8. The Labute approximate surface area is 184 Å². The summed E-state index contributed by atoms with van der Waals surface area (Å²) in [5.41, 5.74) is 3.81. The number of carbonyl (C=O) groups excluding carboxylic acids is 2. The largest absolute Gasteiger partial charge is 0.497 e. The summed E-state index contributed by atoms with van der Waals surface area (Å²) >= 11 is 0. The Morgan fingerprint density at radius 1 is 1.03 bits per heavy atom. The van der Waals surface area contributed by atoms with Gasteiger partial charge in [0.05, 0.1) is 13.7 Å². The lowest BCUT2D eigenvalue weighted by Crippen LogP contribution is -2.49. The molecule has 1 aromatic heterocycles. The highest BCUT2D eigenvalue weighted by Gasteiger charge is 2.27. The number of hydrogen-bond acceptors (Lipinski definition) is 4. The van der Waals surface area contributed by atoms with Crippen LogP contribution in [0.2, 0.25) is 0 Å². The molecular formula is C25H33N3O3. The molecule has 1 amide bonds. The van der Waals surface area contributed by atoms with Crippen molar-refractivity contribution in [1.29, 1.82) is 0 Å². The highest BCUT2D eigenvalue weighted by molar-refractivity contribution is 5.99. The first-order valence-electron chi connectivity index (χ1n) is 11.3. The van der Waals surface area contributed by atoms with Gasteiger partial charge >= 0.3 is 0 Å². The second kappa shape index (κ2) is 9.27. The Morgan fingerprint density at radius 3 is 2.42 bits per heavy atom. The molecule has 0 unspecified atom stereocenters. The van der Waals surface area contributed by atoms with Gasteiger partial charge < -0.3 is 14.2 Å². The van der Waals surface area contributed by atoms with E-state index in [0.29, 0.717) is 50.1 Å². The number of rotatable bonds is 6. The molecular weight excluding hydrogens is 390 g/mol. The molecule has 6 nitrogen and oxygen atoms in total. The van der Waals surface area contributed by atoms with Crippen LogP contribution in [0.5, 0.6) is 5.75 Å². The first-order valence-corrected chi connectivity index (χ1v) is 11.3. The summed E-state index contributed by atoms with van der Waals surface area (Å²) in [6.07, 6.45) is 4.99. The van der Waals surface area contributed by atoms with Crippen LogP contribution in [-0.2, 0) is 0 Å². The number of carbonyl (C=O) groups is 2. The van der Waals surface area contributed by atoms with E-state index in [9.17, 15) is 9.59 Å². The van der Waals surface area contributed by atoms with Gasteiger partial charge in [-0.2, -0.15) is 0 Å². The highest BCUT2D eigenvalue weighted by Crippen LogP contribution is 2.33. The SMILES string of the molecule is COc1cccc(C(=O)N2CCN(CC(=O)c3cc(C)n(C4CCCC4)c3C)CC2)c1. The minimum absolute atomic E-state index is 0.0185. The van der Waals surface area contributed by atoms with Gasteiger partial charge in [-0.25, -0.2) is 0 Å². The van der Waals surface area contributed by atoms with Gasteiger partial charge in [-0.05, 0) is 51.0 Å². The third-order valence-corrected chi connectivity index (χ3v) is 6.82. The van der Waals surface area contributed by atoms with E-state index in [1.807, 2.05) is 23.1 Å². The number of ether oxygens (including phenoxy) is 1. The van der Waals surface area contributed by atoms with Crippen molar-refractivity contribution in [1.82, 2.24) is 14.4 Å². The molecule has 1 saturated heterocycles. The number of ketones is 1. The lowest BCUT2D eigenvalue weighted by atomic mass is 10.1. The highest BCUT2D eigenvalue weighted by atomic mass is 16.5. The molecule has 1 aliphatic carbocycles. The Hall–Kier alpha value is -2.60. The van der Waals surface area contributed by atoms with E-state index in [1.54, 1.807) is 13.2 Å². The van der Waals surface area contributed by atoms with Gasteiger partial charge in [0, 0.05) is 54.7 Å². The van der Waals surface area contributed by atoms with Crippen LogP contribution in [0.25, 0.3) is 0 Å². The lowest BCUT2D eigenvalue weighted by Gasteiger charge is -2.34. The number of aryl methyl sites for hydroxylation is 1. The fourth-order valence-corrected chi connectivity index (χ4v) is 5.12. The summed E-state index contributed by atoms with van der Waals surface area (Å²) in [5.74, 6) is 0.889. The van der Waals surface area contributed by atoms with Gasteiger partial charge in [0.25, 0.3) is 5.91 Å². The minimum Gasteiger partial charge on any atom is -0.497 e. The van der Waals surface area contributed by atoms with Crippen molar-refractivity contribution in [2.45, 2.75) is 45.6 Å². The van der Waals surface area contributed by atoms with Crippen molar-refractivity contribution in [3.63, 3.8) is 0 Å². The molecule has 1 saturated carbocycles. The van der Waals surface area contributed by atoms with Crippen LogP contribution in [0.3, 0.4) is 0 Å². The summed E-state index contributed by atoms with van der Waals surface area (Å²) in [6, 6.07) is 9.89. The molecule has 1 aromatic carbocycles. The Balaban J connectivity index is 1.35. The van der Waals surface area contributed by atoms with Gasteiger partial charge in [-0.15, -0.1) is 0 Å². The maximum Gasteiger partial charge on any atom is 0.254 e. The lowest BCUT2D eigenvalue weighted by molar-refractivity contribution is 0.0624. The first kappa shape index (κ1) is 21.6. The average molecular weight is 424 g/mol. The van der Waals surface area contributed by atoms with Crippen LogP contribution >= 0.6 is 0 Å². The summed E-state index contributed by atoms with van der Waals surface area (Å²) in [5, 5.41) is 0. The third-order valence-electron chi connectivity index (χ3n) is 6.82.